The monoisotopic (exact) mass is 474 g/mol. The molecule has 3 aromatic heterocycles. The maximum absolute atomic E-state index is 12.5. The van der Waals surface area contributed by atoms with Gasteiger partial charge in [0.2, 0.25) is 5.91 Å². The van der Waals surface area contributed by atoms with Crippen molar-refractivity contribution in [1.82, 2.24) is 24.3 Å². The highest BCUT2D eigenvalue weighted by molar-refractivity contribution is 6.15. The lowest BCUT2D eigenvalue weighted by molar-refractivity contribution is -0.127. The zero-order chi connectivity index (χ0) is 24.5. The minimum Gasteiger partial charge on any atom is -0.383 e. The lowest BCUT2D eigenvalue weighted by Gasteiger charge is -2.27. The molecule has 173 valence electrons. The SMILES string of the molecule is C=CC(=O)N1C[C@@]([Si])(n2nc(C#Cc3ccc4ccnn4c3)c(C(N)=O)c2NC)C[C@@H]1COC. The zero-order valence-electron chi connectivity index (χ0n) is 18.9. The molecule has 0 saturated carbocycles. The first-order valence-corrected chi connectivity index (χ1v) is 11.0. The van der Waals surface area contributed by atoms with Crippen molar-refractivity contribution in [1.29, 1.82) is 0 Å². The number of carbonyl (C=O) groups excluding carboxylic acids is 2. The predicted octanol–water partition coefficient (Wildman–Crippen LogP) is 0.326. The number of nitrogens with two attached hydrogens (primary N) is 1. The van der Waals surface area contributed by atoms with E-state index in [1.165, 1.54) is 6.08 Å². The fourth-order valence-electron chi connectivity index (χ4n) is 4.24. The molecule has 0 spiro atoms. The van der Waals surface area contributed by atoms with Crippen LogP contribution in [0.5, 0.6) is 0 Å². The molecule has 3 aromatic rings. The van der Waals surface area contributed by atoms with Gasteiger partial charge in [0.25, 0.3) is 5.91 Å². The van der Waals surface area contributed by atoms with E-state index in [0.29, 0.717) is 24.4 Å². The second kappa shape index (κ2) is 9.16. The Kier molecular flexibility index (Phi) is 6.28. The molecule has 3 radical (unpaired) electrons. The fraction of sp³-hybridized carbons (Fsp3) is 0.304. The van der Waals surface area contributed by atoms with Crippen LogP contribution in [0.25, 0.3) is 5.52 Å². The van der Waals surface area contributed by atoms with Crippen LogP contribution in [0.4, 0.5) is 5.82 Å². The largest absolute Gasteiger partial charge is 0.383 e. The minimum atomic E-state index is -0.821. The molecule has 0 bridgehead atoms. The number of nitrogens with one attached hydrogen (secondary N) is 1. The Morgan fingerprint density at radius 2 is 2.21 bits per heavy atom. The van der Waals surface area contributed by atoms with Crippen LogP contribution in [0.1, 0.15) is 28.0 Å². The van der Waals surface area contributed by atoms with E-state index in [4.69, 9.17) is 10.5 Å². The quantitative estimate of drug-likeness (QED) is 0.302. The van der Waals surface area contributed by atoms with Crippen LogP contribution in [-0.2, 0) is 14.7 Å². The summed E-state index contributed by atoms with van der Waals surface area (Å²) in [5, 5.41) is 11.1. The van der Waals surface area contributed by atoms with Crippen molar-refractivity contribution < 1.29 is 14.3 Å². The van der Waals surface area contributed by atoms with Gasteiger partial charge in [-0.1, -0.05) is 12.5 Å². The maximum atomic E-state index is 12.5. The third kappa shape index (κ3) is 4.09. The van der Waals surface area contributed by atoms with Gasteiger partial charge < -0.3 is 20.7 Å². The van der Waals surface area contributed by atoms with Gasteiger partial charge in [-0.2, -0.15) is 10.2 Å². The van der Waals surface area contributed by atoms with Crippen LogP contribution >= 0.6 is 0 Å². The van der Waals surface area contributed by atoms with Crippen molar-refractivity contribution >= 4 is 33.4 Å². The summed E-state index contributed by atoms with van der Waals surface area (Å²) in [6, 6.07) is 5.43. The van der Waals surface area contributed by atoms with Gasteiger partial charge in [0.15, 0.2) is 5.69 Å². The van der Waals surface area contributed by atoms with E-state index in [0.717, 1.165) is 5.52 Å². The van der Waals surface area contributed by atoms with Crippen LogP contribution < -0.4 is 11.1 Å². The molecule has 0 aromatic carbocycles. The highest BCUT2D eigenvalue weighted by Gasteiger charge is 2.46. The van der Waals surface area contributed by atoms with Gasteiger partial charge >= 0.3 is 0 Å². The summed E-state index contributed by atoms with van der Waals surface area (Å²) in [6.45, 7) is 4.21. The number of primary amides is 1. The van der Waals surface area contributed by atoms with E-state index in [-0.39, 0.29) is 29.8 Å². The number of anilines is 1. The van der Waals surface area contributed by atoms with E-state index in [2.05, 4.69) is 44.2 Å². The normalized spacial score (nSPS) is 19.6. The molecular weight excluding hydrogens is 450 g/mol. The maximum Gasteiger partial charge on any atom is 0.255 e. The molecule has 0 aliphatic carbocycles. The van der Waals surface area contributed by atoms with Crippen LogP contribution in [0.3, 0.4) is 0 Å². The van der Waals surface area contributed by atoms with Crippen LogP contribution in [0, 0.1) is 11.8 Å². The lowest BCUT2D eigenvalue weighted by Crippen LogP contribution is -2.41. The van der Waals surface area contributed by atoms with Gasteiger partial charge in [-0.15, -0.1) is 0 Å². The summed E-state index contributed by atoms with van der Waals surface area (Å²) in [5.41, 5.74) is 7.76. The summed E-state index contributed by atoms with van der Waals surface area (Å²) in [7, 11) is 7.09. The predicted molar refractivity (Wildman–Crippen MR) is 127 cm³/mol. The highest BCUT2D eigenvalue weighted by atomic mass is 28.1. The minimum absolute atomic E-state index is 0.171. The van der Waals surface area contributed by atoms with Gasteiger partial charge in [-0.25, -0.2) is 9.20 Å². The average Bonchev–Trinajstić information content (AvgIpc) is 3.52. The summed E-state index contributed by atoms with van der Waals surface area (Å²) in [5.74, 6) is 5.53. The van der Waals surface area contributed by atoms with Crippen molar-refractivity contribution in [3.05, 3.63) is 60.1 Å². The number of aromatic nitrogens is 4. The van der Waals surface area contributed by atoms with Gasteiger partial charge in [0.05, 0.1) is 33.6 Å². The Hall–Kier alpha value is -3.88. The fourth-order valence-corrected chi connectivity index (χ4v) is 4.81. The summed E-state index contributed by atoms with van der Waals surface area (Å²) in [6.07, 6.45) is 5.24. The van der Waals surface area contributed by atoms with E-state index in [1.54, 1.807) is 40.6 Å². The van der Waals surface area contributed by atoms with Crippen molar-refractivity contribution in [2.45, 2.75) is 17.6 Å². The molecule has 0 unspecified atom stereocenters. The number of methoxy groups -OCH3 is 1. The molecular formula is C23H24N7O3Si. The Labute approximate surface area is 200 Å². The summed E-state index contributed by atoms with van der Waals surface area (Å²) < 4.78 is 8.66. The van der Waals surface area contributed by atoms with Gasteiger partial charge in [0.1, 0.15) is 11.4 Å². The van der Waals surface area contributed by atoms with E-state index >= 15 is 0 Å². The molecule has 4 heterocycles. The van der Waals surface area contributed by atoms with Gasteiger partial charge in [-0.05, 0) is 36.6 Å². The molecule has 2 amide bonds. The number of likely N-dealkylation sites (tertiary alicyclic amines) is 1. The first kappa shape index (κ1) is 23.3. The summed E-state index contributed by atoms with van der Waals surface area (Å²) >= 11 is 0. The van der Waals surface area contributed by atoms with Gasteiger partial charge in [0, 0.05) is 38.7 Å². The standard InChI is InChI=1S/C23H24N7O3Si/c1-4-19(31)28-14-23(34,11-17(28)13-33-3)30-22(25-2)20(21(24)32)18(27-30)8-6-15-5-7-16-9-10-26-29(16)12-15/h4-5,7,9-10,12,17,25H,1,11,13-14H2,2-3H3,(H2,24,32)/t17-,23-/m1/s1. The first-order chi connectivity index (χ1) is 16.3. The van der Waals surface area contributed by atoms with Crippen molar-refractivity contribution in [2.75, 3.05) is 32.6 Å². The Balaban J connectivity index is 1.77. The topological polar surface area (TPSA) is 120 Å². The number of nitrogens with zero attached hydrogens (tertiary/aromatic N) is 5. The molecule has 3 N–H and O–H groups in total. The van der Waals surface area contributed by atoms with E-state index < -0.39 is 11.1 Å². The number of amides is 2. The first-order valence-electron chi connectivity index (χ1n) is 10.5. The smallest absolute Gasteiger partial charge is 0.255 e. The zero-order valence-corrected chi connectivity index (χ0v) is 19.9. The molecule has 1 fully saturated rings. The molecule has 34 heavy (non-hydrogen) atoms. The second-order valence-corrected chi connectivity index (χ2v) is 8.91. The number of carbonyl (C=O) groups is 2. The number of fused-ring (bicyclic) bond motifs is 1. The number of ether oxygens (including phenoxy) is 1. The number of hydrogen-bond acceptors (Lipinski definition) is 6. The van der Waals surface area contributed by atoms with Crippen LogP contribution in [-0.4, -0.2) is 79.7 Å². The lowest BCUT2D eigenvalue weighted by atomic mass is 10.1. The van der Waals surface area contributed by atoms with Crippen molar-refractivity contribution in [3.63, 3.8) is 0 Å². The number of rotatable bonds is 6. The molecule has 1 saturated heterocycles. The molecule has 1 aliphatic rings. The van der Waals surface area contributed by atoms with E-state index in [1.807, 2.05) is 18.2 Å². The van der Waals surface area contributed by atoms with E-state index in [9.17, 15) is 9.59 Å². The molecule has 10 nitrogen and oxygen atoms in total. The van der Waals surface area contributed by atoms with Crippen molar-refractivity contribution in [2.24, 2.45) is 5.73 Å². The van der Waals surface area contributed by atoms with Crippen LogP contribution in [0.2, 0.25) is 0 Å². The molecule has 11 heteroatoms. The molecule has 2 atom stereocenters. The van der Waals surface area contributed by atoms with Crippen LogP contribution in [0.15, 0.2) is 43.2 Å². The Bertz CT molecular complexity index is 1340. The third-order valence-corrected chi connectivity index (χ3v) is 6.33. The molecule has 4 rings (SSSR count). The van der Waals surface area contributed by atoms with Gasteiger partial charge in [-0.3, -0.25) is 9.59 Å². The second-order valence-electron chi connectivity index (χ2n) is 7.98. The summed E-state index contributed by atoms with van der Waals surface area (Å²) in [4.78, 5) is 26.5. The van der Waals surface area contributed by atoms with Crippen molar-refractivity contribution in [3.8, 4) is 11.8 Å². The molecule has 1 aliphatic heterocycles. The number of pyridine rings is 1. The Morgan fingerprint density at radius 1 is 1.41 bits per heavy atom. The number of hydrogen-bond donors (Lipinski definition) is 2. The third-order valence-electron chi connectivity index (χ3n) is 5.76. The Morgan fingerprint density at radius 3 is 2.88 bits per heavy atom. The average molecular weight is 475 g/mol. The highest BCUT2D eigenvalue weighted by Crippen LogP contribution is 2.35.